The van der Waals surface area contributed by atoms with Gasteiger partial charge in [-0.3, -0.25) is 4.79 Å². The molecule has 0 aliphatic heterocycles. The first kappa shape index (κ1) is 18.1. The molecular formula is C17H14ClN3O4S. The molecule has 0 aliphatic carbocycles. The van der Waals surface area contributed by atoms with Crippen LogP contribution in [0.15, 0.2) is 39.4 Å². The highest BCUT2D eigenvalue weighted by Crippen LogP contribution is 2.23. The number of hydrogen-bond acceptors (Lipinski definition) is 7. The number of methoxy groups -OCH3 is 1. The van der Waals surface area contributed by atoms with Gasteiger partial charge in [0.05, 0.1) is 18.4 Å². The number of benzene rings is 1. The van der Waals surface area contributed by atoms with E-state index in [2.05, 4.69) is 15.5 Å². The van der Waals surface area contributed by atoms with Crippen LogP contribution in [0.2, 0.25) is 5.02 Å². The Labute approximate surface area is 158 Å². The Bertz CT molecular complexity index is 924. The summed E-state index contributed by atoms with van der Waals surface area (Å²) in [6, 6.07) is 6.44. The number of amides is 1. The number of rotatable bonds is 6. The molecular weight excluding hydrogens is 378 g/mol. The van der Waals surface area contributed by atoms with Crippen LogP contribution in [0.4, 0.5) is 5.69 Å². The lowest BCUT2D eigenvalue weighted by Gasteiger charge is -2.09. The van der Waals surface area contributed by atoms with Crippen LogP contribution in [0.1, 0.15) is 22.7 Å². The second-order valence-electron chi connectivity index (χ2n) is 5.24. The van der Waals surface area contributed by atoms with Gasteiger partial charge < -0.3 is 14.5 Å². The van der Waals surface area contributed by atoms with E-state index in [1.165, 1.54) is 24.5 Å². The van der Waals surface area contributed by atoms with Crippen LogP contribution >= 0.6 is 22.9 Å². The molecule has 3 aromatic rings. The second kappa shape index (κ2) is 8.11. The zero-order valence-electron chi connectivity index (χ0n) is 13.7. The van der Waals surface area contributed by atoms with Crippen molar-refractivity contribution >= 4 is 40.5 Å². The van der Waals surface area contributed by atoms with Crippen molar-refractivity contribution in [3.8, 4) is 11.5 Å². The molecule has 7 nitrogen and oxygen atoms in total. The van der Waals surface area contributed by atoms with Gasteiger partial charge in [0, 0.05) is 28.8 Å². The first-order valence-electron chi connectivity index (χ1n) is 7.59. The average Bonchev–Trinajstić information content (AvgIpc) is 3.32. The average molecular weight is 392 g/mol. The van der Waals surface area contributed by atoms with Crippen molar-refractivity contribution in [1.82, 2.24) is 10.2 Å². The molecule has 0 unspecified atom stereocenters. The van der Waals surface area contributed by atoms with E-state index in [1.807, 2.05) is 16.8 Å². The van der Waals surface area contributed by atoms with E-state index in [0.717, 1.165) is 5.56 Å². The highest BCUT2D eigenvalue weighted by Gasteiger charge is 2.16. The minimum absolute atomic E-state index is 0.120. The summed E-state index contributed by atoms with van der Waals surface area (Å²) < 4.78 is 10.2. The lowest BCUT2D eigenvalue weighted by Crippen LogP contribution is -2.15. The highest BCUT2D eigenvalue weighted by molar-refractivity contribution is 7.08. The van der Waals surface area contributed by atoms with E-state index in [0.29, 0.717) is 22.5 Å². The van der Waals surface area contributed by atoms with Gasteiger partial charge >= 0.3 is 5.97 Å². The van der Waals surface area contributed by atoms with E-state index in [4.69, 9.17) is 20.8 Å². The molecule has 0 aliphatic rings. The number of thiophene rings is 1. The Morgan fingerprint density at radius 1 is 1.31 bits per heavy atom. The second-order valence-corrected chi connectivity index (χ2v) is 6.46. The quantitative estimate of drug-likeness (QED) is 0.642. The fourth-order valence-electron chi connectivity index (χ4n) is 2.19. The number of esters is 1. The number of carbonyl (C=O) groups excluding carboxylic acids is 2. The Morgan fingerprint density at radius 2 is 2.15 bits per heavy atom. The third kappa shape index (κ3) is 4.27. The van der Waals surface area contributed by atoms with Crippen LogP contribution in [0.3, 0.4) is 0 Å². The largest absolute Gasteiger partial charge is 0.465 e. The molecule has 2 heterocycles. The van der Waals surface area contributed by atoms with Gasteiger partial charge in [0.25, 0.3) is 0 Å². The Morgan fingerprint density at radius 3 is 2.88 bits per heavy atom. The first-order chi connectivity index (χ1) is 12.6. The standard InChI is InChI=1S/C17H14ClN3O4S/c1-24-17(23)12-8-11(18)2-3-13(12)19-14(22)4-5-15-20-21-16(25-15)10-6-7-26-9-10/h2-3,6-9H,4-5H2,1H3,(H,19,22). The summed E-state index contributed by atoms with van der Waals surface area (Å²) in [7, 11) is 1.26. The summed E-state index contributed by atoms with van der Waals surface area (Å²) in [5, 5.41) is 14.8. The van der Waals surface area contributed by atoms with E-state index in [1.54, 1.807) is 12.1 Å². The van der Waals surface area contributed by atoms with Gasteiger partial charge in [-0.1, -0.05) is 11.6 Å². The molecule has 0 saturated carbocycles. The van der Waals surface area contributed by atoms with Gasteiger partial charge in [0.15, 0.2) is 0 Å². The molecule has 0 bridgehead atoms. The van der Waals surface area contributed by atoms with Crippen molar-refractivity contribution in [2.45, 2.75) is 12.8 Å². The van der Waals surface area contributed by atoms with E-state index >= 15 is 0 Å². The maximum Gasteiger partial charge on any atom is 0.340 e. The number of nitrogens with zero attached hydrogens (tertiary/aromatic N) is 2. The van der Waals surface area contributed by atoms with Crippen LogP contribution < -0.4 is 5.32 Å². The maximum atomic E-state index is 12.2. The molecule has 0 radical (unpaired) electrons. The number of aryl methyl sites for hydroxylation is 1. The van der Waals surface area contributed by atoms with Crippen LogP contribution in [0.25, 0.3) is 11.5 Å². The first-order valence-corrected chi connectivity index (χ1v) is 8.91. The monoisotopic (exact) mass is 391 g/mol. The number of aromatic nitrogens is 2. The summed E-state index contributed by atoms with van der Waals surface area (Å²) in [4.78, 5) is 24.0. The third-order valence-electron chi connectivity index (χ3n) is 3.46. The van der Waals surface area contributed by atoms with Crippen LogP contribution in [-0.4, -0.2) is 29.2 Å². The highest BCUT2D eigenvalue weighted by atomic mass is 35.5. The summed E-state index contributed by atoms with van der Waals surface area (Å²) >= 11 is 7.42. The minimum Gasteiger partial charge on any atom is -0.465 e. The minimum atomic E-state index is -0.583. The van der Waals surface area contributed by atoms with Gasteiger partial charge in [-0.25, -0.2) is 4.79 Å². The Balaban J connectivity index is 1.62. The number of hydrogen-bond donors (Lipinski definition) is 1. The van der Waals surface area contributed by atoms with Crippen molar-refractivity contribution in [2.75, 3.05) is 12.4 Å². The number of anilines is 1. The van der Waals surface area contributed by atoms with Gasteiger partial charge in [-0.2, -0.15) is 11.3 Å². The zero-order valence-corrected chi connectivity index (χ0v) is 15.3. The summed E-state index contributed by atoms with van der Waals surface area (Å²) in [5.74, 6) is -0.0918. The van der Waals surface area contributed by atoms with Crippen molar-refractivity contribution in [3.63, 3.8) is 0 Å². The van der Waals surface area contributed by atoms with E-state index < -0.39 is 5.97 Å². The predicted octanol–water partition coefficient (Wildman–Crippen LogP) is 3.81. The van der Waals surface area contributed by atoms with E-state index in [9.17, 15) is 9.59 Å². The molecule has 26 heavy (non-hydrogen) atoms. The Hall–Kier alpha value is -2.71. The summed E-state index contributed by atoms with van der Waals surface area (Å²) in [6.45, 7) is 0. The molecule has 1 N–H and O–H groups in total. The predicted molar refractivity (Wildman–Crippen MR) is 97.4 cm³/mol. The maximum absolute atomic E-state index is 12.2. The van der Waals surface area contributed by atoms with Gasteiger partial charge in [-0.05, 0) is 29.6 Å². The topological polar surface area (TPSA) is 94.3 Å². The fraction of sp³-hybridized carbons (Fsp3) is 0.176. The molecule has 0 fully saturated rings. The van der Waals surface area contributed by atoms with Gasteiger partial charge in [0.2, 0.25) is 17.7 Å². The molecule has 0 atom stereocenters. The lowest BCUT2D eigenvalue weighted by atomic mass is 10.1. The van der Waals surface area contributed by atoms with Crippen molar-refractivity contribution in [3.05, 3.63) is 51.5 Å². The molecule has 0 spiro atoms. The normalized spacial score (nSPS) is 10.5. The van der Waals surface area contributed by atoms with Crippen LogP contribution in [0.5, 0.6) is 0 Å². The molecule has 3 rings (SSSR count). The lowest BCUT2D eigenvalue weighted by molar-refractivity contribution is -0.116. The molecule has 1 aromatic carbocycles. The van der Waals surface area contributed by atoms with Gasteiger partial charge in [-0.15, -0.1) is 10.2 Å². The summed E-state index contributed by atoms with van der Waals surface area (Å²) in [5.41, 5.74) is 1.36. The SMILES string of the molecule is COC(=O)c1cc(Cl)ccc1NC(=O)CCc1nnc(-c2ccsc2)o1. The number of halogens is 1. The summed E-state index contributed by atoms with van der Waals surface area (Å²) in [6.07, 6.45) is 0.401. The molecule has 1 amide bonds. The van der Waals surface area contributed by atoms with Crippen molar-refractivity contribution < 1.29 is 18.7 Å². The zero-order chi connectivity index (χ0) is 18.5. The third-order valence-corrected chi connectivity index (χ3v) is 4.38. The van der Waals surface area contributed by atoms with Crippen molar-refractivity contribution in [2.24, 2.45) is 0 Å². The molecule has 9 heteroatoms. The Kier molecular flexibility index (Phi) is 5.65. The number of ether oxygens (including phenoxy) is 1. The number of nitrogens with one attached hydrogen (secondary N) is 1. The van der Waals surface area contributed by atoms with E-state index in [-0.39, 0.29) is 24.3 Å². The van der Waals surface area contributed by atoms with Crippen LogP contribution in [0, 0.1) is 0 Å². The fourth-order valence-corrected chi connectivity index (χ4v) is 3.00. The molecule has 2 aromatic heterocycles. The molecule has 0 saturated heterocycles. The smallest absolute Gasteiger partial charge is 0.340 e. The van der Waals surface area contributed by atoms with Crippen molar-refractivity contribution in [1.29, 1.82) is 0 Å². The van der Waals surface area contributed by atoms with Gasteiger partial charge in [0.1, 0.15) is 0 Å². The van der Waals surface area contributed by atoms with Crippen LogP contribution in [-0.2, 0) is 16.0 Å². The number of carbonyl (C=O) groups is 2. The molecule has 134 valence electrons.